The lowest BCUT2D eigenvalue weighted by Gasteiger charge is -2.23. The van der Waals surface area contributed by atoms with Gasteiger partial charge in [0.05, 0.1) is 7.11 Å². The Morgan fingerprint density at radius 3 is 2.36 bits per heavy atom. The van der Waals surface area contributed by atoms with E-state index >= 15 is 0 Å². The van der Waals surface area contributed by atoms with Gasteiger partial charge in [0.15, 0.2) is 0 Å². The predicted octanol–water partition coefficient (Wildman–Crippen LogP) is 3.08. The number of hydrogen-bond donors (Lipinski definition) is 1. The van der Waals surface area contributed by atoms with Crippen molar-refractivity contribution in [3.8, 4) is 0 Å². The van der Waals surface area contributed by atoms with E-state index in [0.717, 1.165) is 5.56 Å². The fourth-order valence-electron chi connectivity index (χ4n) is 1.99. The van der Waals surface area contributed by atoms with Gasteiger partial charge in [-0.2, -0.15) is 0 Å². The van der Waals surface area contributed by atoms with Crippen LogP contribution in [-0.4, -0.2) is 30.8 Å². The number of ether oxygens (including phenoxy) is 2. The molecule has 1 amide bonds. The van der Waals surface area contributed by atoms with Crippen LogP contribution < -0.4 is 5.32 Å². The first kappa shape index (κ1) is 18.0. The molecule has 1 aromatic carbocycles. The average Bonchev–Trinajstić information content (AvgIpc) is 2.43. The van der Waals surface area contributed by atoms with Crippen molar-refractivity contribution in [2.75, 3.05) is 7.11 Å². The molecule has 1 atom stereocenters. The second-order valence-corrected chi connectivity index (χ2v) is 6.15. The molecule has 0 aromatic heterocycles. The molecule has 1 aromatic rings. The summed E-state index contributed by atoms with van der Waals surface area (Å²) in [6, 6.07) is 9.62. The molecular weight excluding hydrogens is 282 g/mol. The van der Waals surface area contributed by atoms with Gasteiger partial charge >= 0.3 is 12.1 Å². The second kappa shape index (κ2) is 8.41. The van der Waals surface area contributed by atoms with Crippen LogP contribution in [0.1, 0.15) is 39.2 Å². The summed E-state index contributed by atoms with van der Waals surface area (Å²) in [5.41, 5.74) is 0.539. The predicted molar refractivity (Wildman–Crippen MR) is 84.6 cm³/mol. The van der Waals surface area contributed by atoms with Gasteiger partial charge in [0.25, 0.3) is 0 Å². The number of hydrogen-bond acceptors (Lipinski definition) is 4. The molecule has 0 aliphatic heterocycles. The van der Waals surface area contributed by atoms with Crippen LogP contribution in [0.2, 0.25) is 0 Å². The zero-order valence-electron chi connectivity index (χ0n) is 13.7. The molecule has 0 saturated heterocycles. The molecule has 0 heterocycles. The van der Waals surface area contributed by atoms with E-state index in [1.165, 1.54) is 7.11 Å². The molecule has 0 spiro atoms. The molecule has 122 valence electrons. The molecule has 1 rings (SSSR count). The van der Waals surface area contributed by atoms with Gasteiger partial charge in [0.1, 0.15) is 5.60 Å². The Morgan fingerprint density at radius 2 is 1.82 bits per heavy atom. The minimum absolute atomic E-state index is 0.184. The zero-order chi connectivity index (χ0) is 16.6. The van der Waals surface area contributed by atoms with Crippen molar-refractivity contribution in [1.29, 1.82) is 0 Å². The van der Waals surface area contributed by atoms with Crippen molar-refractivity contribution in [1.82, 2.24) is 5.32 Å². The normalized spacial score (nSPS) is 12.4. The van der Waals surface area contributed by atoms with Crippen molar-refractivity contribution in [3.63, 3.8) is 0 Å². The fraction of sp³-hybridized carbons (Fsp3) is 0.529. The standard InChI is InChI=1S/C17H25NO4/c1-17(2,3)22-16(20)18-14(10-11-15(19)21-4)12-13-8-6-5-7-9-13/h5-9,14H,10-12H2,1-4H3,(H,18,20)/t14-/m1/s1. The van der Waals surface area contributed by atoms with E-state index in [4.69, 9.17) is 4.74 Å². The third kappa shape index (κ3) is 7.67. The van der Waals surface area contributed by atoms with Gasteiger partial charge in [0.2, 0.25) is 0 Å². The Balaban J connectivity index is 2.65. The van der Waals surface area contributed by atoms with Crippen LogP contribution in [0.25, 0.3) is 0 Å². The summed E-state index contributed by atoms with van der Waals surface area (Å²) < 4.78 is 9.93. The fourth-order valence-corrected chi connectivity index (χ4v) is 1.99. The Kier molecular flexibility index (Phi) is 6.89. The SMILES string of the molecule is COC(=O)CC[C@H](Cc1ccccc1)NC(=O)OC(C)(C)C. The van der Waals surface area contributed by atoms with E-state index < -0.39 is 11.7 Å². The lowest BCUT2D eigenvalue weighted by atomic mass is 10.0. The minimum Gasteiger partial charge on any atom is -0.469 e. The molecule has 0 bridgehead atoms. The summed E-state index contributed by atoms with van der Waals surface area (Å²) in [7, 11) is 1.36. The molecule has 1 N–H and O–H groups in total. The van der Waals surface area contributed by atoms with Crippen molar-refractivity contribution in [3.05, 3.63) is 35.9 Å². The Hall–Kier alpha value is -2.04. The van der Waals surface area contributed by atoms with E-state index in [1.54, 1.807) is 0 Å². The van der Waals surface area contributed by atoms with Gasteiger partial charge in [-0.05, 0) is 39.2 Å². The molecule has 0 unspecified atom stereocenters. The number of alkyl carbamates (subject to hydrolysis) is 1. The molecule has 0 saturated carbocycles. The number of carbonyl (C=O) groups excluding carboxylic acids is 2. The third-order valence-corrected chi connectivity index (χ3v) is 2.97. The highest BCUT2D eigenvalue weighted by Crippen LogP contribution is 2.11. The first-order valence-corrected chi connectivity index (χ1v) is 7.40. The first-order chi connectivity index (χ1) is 10.3. The highest BCUT2D eigenvalue weighted by molar-refractivity contribution is 5.70. The minimum atomic E-state index is -0.552. The maximum Gasteiger partial charge on any atom is 0.407 e. The number of nitrogens with one attached hydrogen (secondary N) is 1. The van der Waals surface area contributed by atoms with E-state index in [2.05, 4.69) is 10.1 Å². The van der Waals surface area contributed by atoms with Crippen LogP contribution in [0.15, 0.2) is 30.3 Å². The maximum atomic E-state index is 11.9. The van der Waals surface area contributed by atoms with Crippen LogP contribution in [0.5, 0.6) is 0 Å². The summed E-state index contributed by atoms with van der Waals surface area (Å²) in [6.45, 7) is 5.44. The summed E-state index contributed by atoms with van der Waals surface area (Å²) in [4.78, 5) is 23.2. The van der Waals surface area contributed by atoms with Gasteiger partial charge < -0.3 is 14.8 Å². The van der Waals surface area contributed by atoms with Crippen LogP contribution in [0.4, 0.5) is 4.79 Å². The summed E-state index contributed by atoms with van der Waals surface area (Å²) in [5.74, 6) is -0.288. The molecule has 5 nitrogen and oxygen atoms in total. The largest absolute Gasteiger partial charge is 0.469 e. The summed E-state index contributed by atoms with van der Waals surface area (Å²) in [6.07, 6.45) is 0.917. The number of rotatable bonds is 6. The second-order valence-electron chi connectivity index (χ2n) is 6.15. The summed E-state index contributed by atoms with van der Waals surface area (Å²) in [5, 5.41) is 2.83. The van der Waals surface area contributed by atoms with E-state index in [-0.39, 0.29) is 18.4 Å². The van der Waals surface area contributed by atoms with E-state index in [1.807, 2.05) is 51.1 Å². The van der Waals surface area contributed by atoms with Gasteiger partial charge in [-0.15, -0.1) is 0 Å². The van der Waals surface area contributed by atoms with Crippen molar-refractivity contribution >= 4 is 12.1 Å². The number of methoxy groups -OCH3 is 1. The highest BCUT2D eigenvalue weighted by atomic mass is 16.6. The summed E-state index contributed by atoms with van der Waals surface area (Å²) >= 11 is 0. The number of amides is 1. The van der Waals surface area contributed by atoms with Crippen LogP contribution >= 0.6 is 0 Å². The van der Waals surface area contributed by atoms with Crippen LogP contribution in [0.3, 0.4) is 0 Å². The topological polar surface area (TPSA) is 64.6 Å². The zero-order valence-corrected chi connectivity index (χ0v) is 13.7. The van der Waals surface area contributed by atoms with E-state index in [0.29, 0.717) is 12.8 Å². The van der Waals surface area contributed by atoms with Gasteiger partial charge in [-0.3, -0.25) is 4.79 Å². The van der Waals surface area contributed by atoms with Gasteiger partial charge in [0, 0.05) is 12.5 Å². The Bertz CT molecular complexity index is 479. The van der Waals surface area contributed by atoms with Crippen molar-refractivity contribution in [2.45, 2.75) is 51.7 Å². The average molecular weight is 307 g/mol. The molecular formula is C17H25NO4. The Labute approximate surface area is 132 Å². The number of benzene rings is 1. The Morgan fingerprint density at radius 1 is 1.18 bits per heavy atom. The molecule has 0 aliphatic rings. The molecule has 0 aliphatic carbocycles. The third-order valence-electron chi connectivity index (χ3n) is 2.97. The van der Waals surface area contributed by atoms with Crippen LogP contribution in [0, 0.1) is 0 Å². The smallest absolute Gasteiger partial charge is 0.407 e. The monoisotopic (exact) mass is 307 g/mol. The molecule has 0 radical (unpaired) electrons. The highest BCUT2D eigenvalue weighted by Gasteiger charge is 2.20. The molecule has 0 fully saturated rings. The van der Waals surface area contributed by atoms with Gasteiger partial charge in [-0.1, -0.05) is 30.3 Å². The lowest BCUT2D eigenvalue weighted by Crippen LogP contribution is -2.40. The van der Waals surface area contributed by atoms with Crippen molar-refractivity contribution < 1.29 is 19.1 Å². The quantitative estimate of drug-likeness (QED) is 0.820. The lowest BCUT2D eigenvalue weighted by molar-refractivity contribution is -0.140. The molecule has 22 heavy (non-hydrogen) atoms. The first-order valence-electron chi connectivity index (χ1n) is 7.40. The maximum absolute atomic E-state index is 11.9. The van der Waals surface area contributed by atoms with E-state index in [9.17, 15) is 9.59 Å². The molecule has 5 heteroatoms. The van der Waals surface area contributed by atoms with Crippen LogP contribution in [-0.2, 0) is 20.7 Å². The number of esters is 1. The van der Waals surface area contributed by atoms with Crippen molar-refractivity contribution in [2.24, 2.45) is 0 Å². The van der Waals surface area contributed by atoms with Gasteiger partial charge in [-0.25, -0.2) is 4.79 Å². The number of carbonyl (C=O) groups is 2.